The van der Waals surface area contributed by atoms with Crippen LogP contribution < -0.4 is 4.72 Å². The minimum atomic E-state index is -3.63. The first-order chi connectivity index (χ1) is 9.35. The first-order valence-electron chi connectivity index (χ1n) is 6.71. The van der Waals surface area contributed by atoms with E-state index in [1.165, 1.54) is 18.2 Å². The molecule has 0 spiro atoms. The van der Waals surface area contributed by atoms with Crippen molar-refractivity contribution in [2.45, 2.75) is 44.0 Å². The molecule has 1 saturated carbocycles. The average Bonchev–Trinajstić information content (AvgIpc) is 3.06. The highest BCUT2D eigenvalue weighted by molar-refractivity contribution is 7.89. The Hall–Kier alpha value is -1.40. The Bertz CT molecular complexity index is 624. The fourth-order valence-electron chi connectivity index (χ4n) is 2.35. The molecule has 0 amide bonds. The van der Waals surface area contributed by atoms with E-state index < -0.39 is 16.0 Å². The number of benzene rings is 1. The molecule has 6 heteroatoms. The van der Waals surface area contributed by atoms with Crippen LogP contribution >= 0.6 is 0 Å². The van der Waals surface area contributed by atoms with Gasteiger partial charge in [-0.3, -0.25) is 0 Å². The second-order valence-electron chi connectivity index (χ2n) is 5.29. The molecule has 0 heterocycles. The van der Waals surface area contributed by atoms with Gasteiger partial charge in [-0.1, -0.05) is 19.4 Å². The van der Waals surface area contributed by atoms with Crippen molar-refractivity contribution in [2.24, 2.45) is 5.92 Å². The molecule has 1 aliphatic carbocycles. The van der Waals surface area contributed by atoms with Gasteiger partial charge in [0.05, 0.1) is 10.5 Å². The van der Waals surface area contributed by atoms with Gasteiger partial charge in [-0.05, 0) is 43.4 Å². The maximum atomic E-state index is 12.2. The number of rotatable bonds is 6. The van der Waals surface area contributed by atoms with E-state index in [-0.39, 0.29) is 16.5 Å². The van der Waals surface area contributed by atoms with E-state index in [0.717, 1.165) is 19.3 Å². The van der Waals surface area contributed by atoms with Crippen LogP contribution in [0.4, 0.5) is 0 Å². The third-order valence-corrected chi connectivity index (χ3v) is 5.13. The molecule has 0 aromatic heterocycles. The largest absolute Gasteiger partial charge is 0.478 e. The maximum Gasteiger partial charge on any atom is 0.335 e. The fourth-order valence-corrected chi connectivity index (χ4v) is 3.69. The van der Waals surface area contributed by atoms with Gasteiger partial charge in [0.1, 0.15) is 0 Å². The molecule has 1 aliphatic rings. The second kappa shape index (κ2) is 5.54. The second-order valence-corrected chi connectivity index (χ2v) is 7.01. The summed E-state index contributed by atoms with van der Waals surface area (Å²) in [6, 6.07) is 4.18. The van der Waals surface area contributed by atoms with E-state index in [1.807, 2.05) is 0 Å². The summed E-state index contributed by atoms with van der Waals surface area (Å²) in [4.78, 5) is 11.1. The summed E-state index contributed by atoms with van der Waals surface area (Å²) in [5, 5.41) is 9.05. The van der Waals surface area contributed by atoms with Gasteiger partial charge in [-0.15, -0.1) is 0 Å². The zero-order chi connectivity index (χ0) is 14.9. The monoisotopic (exact) mass is 297 g/mol. The van der Waals surface area contributed by atoms with E-state index in [9.17, 15) is 13.2 Å². The number of carboxylic acid groups (broad SMARTS) is 1. The molecule has 20 heavy (non-hydrogen) atoms. The molecule has 0 radical (unpaired) electrons. The lowest BCUT2D eigenvalue weighted by atomic mass is 10.1. The minimum absolute atomic E-state index is 0.00506. The number of carboxylic acids is 1. The van der Waals surface area contributed by atoms with Crippen molar-refractivity contribution in [3.8, 4) is 0 Å². The van der Waals surface area contributed by atoms with Gasteiger partial charge in [-0.25, -0.2) is 17.9 Å². The Balaban J connectivity index is 2.18. The number of aryl methyl sites for hydroxylation is 1. The number of nitrogens with one attached hydrogen (secondary N) is 1. The van der Waals surface area contributed by atoms with Gasteiger partial charge < -0.3 is 5.11 Å². The quantitative estimate of drug-likeness (QED) is 0.843. The summed E-state index contributed by atoms with van der Waals surface area (Å²) in [6.45, 7) is 3.72. The summed E-state index contributed by atoms with van der Waals surface area (Å²) >= 11 is 0. The SMILES string of the molecule is CCCC1CC1NS(=O)(=O)c1ccc(C)c(C(=O)O)c1. The highest BCUT2D eigenvalue weighted by atomic mass is 32.2. The van der Waals surface area contributed by atoms with Gasteiger partial charge in [0.2, 0.25) is 10.0 Å². The van der Waals surface area contributed by atoms with Crippen molar-refractivity contribution in [2.75, 3.05) is 0 Å². The van der Waals surface area contributed by atoms with Crippen molar-refractivity contribution in [1.82, 2.24) is 4.72 Å². The van der Waals surface area contributed by atoms with Crippen molar-refractivity contribution in [3.63, 3.8) is 0 Å². The number of sulfonamides is 1. The predicted molar refractivity (Wildman–Crippen MR) is 75.3 cm³/mol. The van der Waals surface area contributed by atoms with Crippen LogP contribution in [-0.4, -0.2) is 25.5 Å². The Kier molecular flexibility index (Phi) is 4.15. The summed E-state index contributed by atoms with van der Waals surface area (Å²) < 4.78 is 27.1. The van der Waals surface area contributed by atoms with Crippen LogP contribution in [0.15, 0.2) is 23.1 Å². The molecule has 110 valence electrons. The molecule has 0 bridgehead atoms. The van der Waals surface area contributed by atoms with Gasteiger partial charge in [-0.2, -0.15) is 0 Å². The third kappa shape index (κ3) is 3.19. The van der Waals surface area contributed by atoms with Crippen LogP contribution in [-0.2, 0) is 10.0 Å². The Morgan fingerprint density at radius 3 is 2.75 bits per heavy atom. The van der Waals surface area contributed by atoms with Crippen molar-refractivity contribution in [1.29, 1.82) is 0 Å². The van der Waals surface area contributed by atoms with Gasteiger partial charge in [0.25, 0.3) is 0 Å². The van der Waals surface area contributed by atoms with E-state index in [0.29, 0.717) is 11.5 Å². The standard InChI is InChI=1S/C14H19NO4S/c1-3-4-10-7-13(10)15-20(18,19)11-6-5-9(2)12(8-11)14(16)17/h5-6,8,10,13,15H,3-4,7H2,1-2H3,(H,16,17). The molecule has 2 atom stereocenters. The normalized spacial score (nSPS) is 21.7. The molecule has 5 nitrogen and oxygen atoms in total. The lowest BCUT2D eigenvalue weighted by molar-refractivity contribution is 0.0696. The van der Waals surface area contributed by atoms with Gasteiger partial charge in [0, 0.05) is 6.04 Å². The average molecular weight is 297 g/mol. The first-order valence-corrected chi connectivity index (χ1v) is 8.19. The van der Waals surface area contributed by atoms with Crippen LogP contribution in [0.1, 0.15) is 42.1 Å². The summed E-state index contributed by atoms with van der Waals surface area (Å²) in [5.41, 5.74) is 0.570. The molecule has 1 aromatic rings. The zero-order valence-corrected chi connectivity index (χ0v) is 12.4. The highest BCUT2D eigenvalue weighted by Gasteiger charge is 2.39. The Labute approximate surface area is 119 Å². The predicted octanol–water partition coefficient (Wildman–Crippen LogP) is 2.16. The fraction of sp³-hybridized carbons (Fsp3) is 0.500. The maximum absolute atomic E-state index is 12.2. The zero-order valence-electron chi connectivity index (χ0n) is 11.6. The van der Waals surface area contributed by atoms with E-state index in [4.69, 9.17) is 5.11 Å². The molecule has 1 fully saturated rings. The van der Waals surface area contributed by atoms with Gasteiger partial charge in [0.15, 0.2) is 0 Å². The van der Waals surface area contributed by atoms with E-state index >= 15 is 0 Å². The highest BCUT2D eigenvalue weighted by Crippen LogP contribution is 2.35. The molecule has 2 N–H and O–H groups in total. The molecule has 0 aliphatic heterocycles. The van der Waals surface area contributed by atoms with Crippen molar-refractivity contribution in [3.05, 3.63) is 29.3 Å². The number of aromatic carboxylic acids is 1. The van der Waals surface area contributed by atoms with Crippen molar-refractivity contribution >= 4 is 16.0 Å². The number of hydrogen-bond donors (Lipinski definition) is 2. The van der Waals surface area contributed by atoms with Crippen LogP contribution in [0.3, 0.4) is 0 Å². The lowest BCUT2D eigenvalue weighted by Crippen LogP contribution is -2.27. The van der Waals surface area contributed by atoms with E-state index in [1.54, 1.807) is 6.92 Å². The Morgan fingerprint density at radius 2 is 2.15 bits per heavy atom. The van der Waals surface area contributed by atoms with E-state index in [2.05, 4.69) is 11.6 Å². The molecule has 1 aromatic carbocycles. The smallest absolute Gasteiger partial charge is 0.335 e. The molecule has 2 unspecified atom stereocenters. The molecular weight excluding hydrogens is 278 g/mol. The summed E-state index contributed by atoms with van der Waals surface area (Å²) in [7, 11) is -3.63. The van der Waals surface area contributed by atoms with Crippen LogP contribution in [0.2, 0.25) is 0 Å². The first kappa shape index (κ1) is 15.0. The van der Waals surface area contributed by atoms with Crippen LogP contribution in [0.5, 0.6) is 0 Å². The summed E-state index contributed by atoms with van der Waals surface area (Å²) in [5.74, 6) is -0.700. The topological polar surface area (TPSA) is 83.5 Å². The number of carbonyl (C=O) groups is 1. The van der Waals surface area contributed by atoms with Gasteiger partial charge >= 0.3 is 5.97 Å². The minimum Gasteiger partial charge on any atom is -0.478 e. The Morgan fingerprint density at radius 1 is 1.45 bits per heavy atom. The molecular formula is C14H19NO4S. The van der Waals surface area contributed by atoms with Crippen LogP contribution in [0, 0.1) is 12.8 Å². The third-order valence-electron chi connectivity index (χ3n) is 3.64. The summed E-state index contributed by atoms with van der Waals surface area (Å²) in [6.07, 6.45) is 2.92. The number of hydrogen-bond acceptors (Lipinski definition) is 3. The van der Waals surface area contributed by atoms with Crippen LogP contribution in [0.25, 0.3) is 0 Å². The van der Waals surface area contributed by atoms with Crippen molar-refractivity contribution < 1.29 is 18.3 Å². The molecule has 2 rings (SSSR count). The molecule has 0 saturated heterocycles. The lowest BCUT2D eigenvalue weighted by Gasteiger charge is -2.08.